The minimum Gasteiger partial charge on any atom is -0.756 e. The fourth-order valence-electron chi connectivity index (χ4n) is 5.28. The number of carbonyl (C=O) groups is 2. The lowest BCUT2D eigenvalue weighted by molar-refractivity contribution is -0.870. The predicted octanol–water partition coefficient (Wildman–Crippen LogP) is 11.5. The van der Waals surface area contributed by atoms with Gasteiger partial charge in [-0.2, -0.15) is 0 Å². The molecule has 346 valence electrons. The zero-order chi connectivity index (χ0) is 45.1. The average Bonchev–Trinajstić information content (AvgIpc) is 3.21. The van der Waals surface area contributed by atoms with Gasteiger partial charge >= 0.3 is 11.9 Å². The molecule has 0 saturated carbocycles. The summed E-state index contributed by atoms with van der Waals surface area (Å²) in [6, 6.07) is 0. The fourth-order valence-corrected chi connectivity index (χ4v) is 6.01. The lowest BCUT2D eigenvalue weighted by atomic mass is 10.1. The molecule has 0 rings (SSSR count). The van der Waals surface area contributed by atoms with Gasteiger partial charge in [-0.1, -0.05) is 142 Å². The molecule has 0 aromatic heterocycles. The van der Waals surface area contributed by atoms with Gasteiger partial charge < -0.3 is 33.0 Å². The van der Waals surface area contributed by atoms with E-state index >= 15 is 0 Å². The van der Waals surface area contributed by atoms with Crippen LogP contribution in [0.3, 0.4) is 0 Å². The van der Waals surface area contributed by atoms with Gasteiger partial charge in [0.15, 0.2) is 6.10 Å². The van der Waals surface area contributed by atoms with E-state index in [0.29, 0.717) is 43.1 Å². The molecule has 1 unspecified atom stereocenters. The molecule has 0 aliphatic heterocycles. The van der Waals surface area contributed by atoms with Crippen LogP contribution in [0.4, 0.5) is 0 Å². The van der Waals surface area contributed by atoms with Crippen LogP contribution in [-0.2, 0) is 32.7 Å². The minimum atomic E-state index is -4.67. The Morgan fingerprint density at radius 1 is 0.623 bits per heavy atom. The van der Waals surface area contributed by atoms with Crippen LogP contribution in [0.1, 0.15) is 136 Å². The van der Waals surface area contributed by atoms with Gasteiger partial charge in [0.05, 0.1) is 33.9 Å². The number of phosphoric ester groups is 1. The van der Waals surface area contributed by atoms with Crippen LogP contribution in [0, 0.1) is 0 Å². The first-order chi connectivity index (χ1) is 29.4. The van der Waals surface area contributed by atoms with Gasteiger partial charge in [0, 0.05) is 12.8 Å². The first-order valence-corrected chi connectivity index (χ1v) is 24.2. The highest BCUT2D eigenvalue weighted by Gasteiger charge is 2.21. The Balaban J connectivity index is 4.58. The van der Waals surface area contributed by atoms with Gasteiger partial charge in [0.1, 0.15) is 19.8 Å². The van der Waals surface area contributed by atoms with E-state index in [9.17, 15) is 24.2 Å². The monoisotopic (exact) mass is 872 g/mol. The summed E-state index contributed by atoms with van der Waals surface area (Å²) in [5.74, 6) is -0.992. The van der Waals surface area contributed by atoms with Crippen molar-refractivity contribution in [2.24, 2.45) is 0 Å². The van der Waals surface area contributed by atoms with Crippen molar-refractivity contribution in [1.29, 1.82) is 0 Å². The molecule has 0 aliphatic carbocycles. The highest BCUT2D eigenvalue weighted by atomic mass is 31.2. The van der Waals surface area contributed by atoms with E-state index in [0.717, 1.165) is 57.8 Å². The molecule has 11 heteroatoms. The van der Waals surface area contributed by atoms with E-state index in [4.69, 9.17) is 18.5 Å². The third-order valence-corrected chi connectivity index (χ3v) is 9.82. The summed E-state index contributed by atoms with van der Waals surface area (Å²) in [6.45, 7) is 3.85. The number of aliphatic hydroxyl groups is 1. The molecule has 1 N–H and O–H groups in total. The molecule has 0 spiro atoms. The number of hydrogen-bond donors (Lipinski definition) is 1. The first-order valence-electron chi connectivity index (χ1n) is 22.7. The van der Waals surface area contributed by atoms with Crippen LogP contribution in [0.25, 0.3) is 0 Å². The summed E-state index contributed by atoms with van der Waals surface area (Å²) in [4.78, 5) is 37.6. The topological polar surface area (TPSA) is 131 Å². The lowest BCUT2D eigenvalue weighted by Gasteiger charge is -2.28. The second kappa shape index (κ2) is 40.7. The molecule has 0 aliphatic rings. The second-order valence-electron chi connectivity index (χ2n) is 15.9. The van der Waals surface area contributed by atoms with Crippen LogP contribution in [0.5, 0.6) is 0 Å². The number of likely N-dealkylation sites (N-methyl/N-ethyl adjacent to an activating group) is 1. The molecular weight excluding hydrogens is 790 g/mol. The quantitative estimate of drug-likeness (QED) is 0.0160. The standard InChI is InChI=1S/C50H82NO9P/c1-6-8-10-12-14-15-16-17-18-19-20-21-22-23-24-25-29-33-37-41-49(53)57-45-48(46-59-61(55,56)58-44-43-51(3,4)5)60-50(54)42-38-34-30-26-28-32-36-40-47(52)39-35-31-27-13-11-9-7-2/h8,10,14-15,17-18,20-21,23-24,26-27,30-32,35-36,39,47-48,52H,6-7,9,11-13,16,19,22,25,28-29,33-34,37-38,40-46H2,1-5H3/b10-8-,15-14-,18-17-,21-20-,24-23-,30-26+,31-27-,36-32-,39-35-/t47-,48+/m0/s1. The summed E-state index contributed by atoms with van der Waals surface area (Å²) < 4.78 is 33.8. The largest absolute Gasteiger partial charge is 0.756 e. The number of nitrogens with zero attached hydrogens (tertiary/aromatic N) is 1. The van der Waals surface area contributed by atoms with Crippen molar-refractivity contribution >= 4 is 19.8 Å². The van der Waals surface area contributed by atoms with Crippen molar-refractivity contribution in [3.05, 3.63) is 109 Å². The van der Waals surface area contributed by atoms with Gasteiger partial charge in [0.2, 0.25) is 0 Å². The minimum absolute atomic E-state index is 0.0650. The van der Waals surface area contributed by atoms with Crippen molar-refractivity contribution in [2.75, 3.05) is 47.5 Å². The zero-order valence-electron chi connectivity index (χ0n) is 38.4. The van der Waals surface area contributed by atoms with Gasteiger partial charge in [-0.25, -0.2) is 0 Å². The number of quaternary nitrogens is 1. The van der Waals surface area contributed by atoms with Crippen LogP contribution in [0.2, 0.25) is 0 Å². The van der Waals surface area contributed by atoms with Crippen LogP contribution in [-0.4, -0.2) is 81.2 Å². The smallest absolute Gasteiger partial charge is 0.306 e. The maximum Gasteiger partial charge on any atom is 0.306 e. The third kappa shape index (κ3) is 44.5. The van der Waals surface area contributed by atoms with E-state index in [1.165, 1.54) is 19.3 Å². The Hall–Kier alpha value is -3.37. The Morgan fingerprint density at radius 2 is 1.16 bits per heavy atom. The van der Waals surface area contributed by atoms with E-state index < -0.39 is 38.6 Å². The van der Waals surface area contributed by atoms with Crippen molar-refractivity contribution in [3.63, 3.8) is 0 Å². The zero-order valence-corrected chi connectivity index (χ0v) is 39.3. The van der Waals surface area contributed by atoms with E-state index in [-0.39, 0.29) is 26.1 Å². The van der Waals surface area contributed by atoms with Crippen LogP contribution >= 0.6 is 7.82 Å². The molecule has 0 aromatic rings. The molecule has 0 bridgehead atoms. The molecule has 3 atom stereocenters. The number of hydrogen-bond acceptors (Lipinski definition) is 9. The maximum absolute atomic E-state index is 12.7. The van der Waals surface area contributed by atoms with Crippen LogP contribution < -0.4 is 4.89 Å². The van der Waals surface area contributed by atoms with E-state index in [1.807, 2.05) is 57.6 Å². The maximum atomic E-state index is 12.7. The van der Waals surface area contributed by atoms with Gasteiger partial charge in [-0.05, 0) is 89.9 Å². The summed E-state index contributed by atoms with van der Waals surface area (Å²) >= 11 is 0. The van der Waals surface area contributed by atoms with Crippen molar-refractivity contribution < 1.29 is 47.2 Å². The van der Waals surface area contributed by atoms with Gasteiger partial charge in [0.25, 0.3) is 7.82 Å². The van der Waals surface area contributed by atoms with E-state index in [2.05, 4.69) is 80.7 Å². The molecule has 0 fully saturated rings. The number of ether oxygens (including phenoxy) is 2. The molecule has 0 aromatic carbocycles. The number of unbranched alkanes of at least 4 members (excludes halogenated alkanes) is 7. The Labute approximate surface area is 370 Å². The Kier molecular flexibility index (Phi) is 38.4. The molecular formula is C50H82NO9P. The average molecular weight is 872 g/mol. The SMILES string of the molecule is CC/C=C\C/C=C\C/C=C\C/C=C\C/C=C\CCCCCC(=O)OC[C@H](COP(=O)([O-])OCC[N+](C)(C)C)OC(=O)CCC/C=C/C/C=C\C[C@@H](O)/C=C\C=C/CCCCC. The molecule has 0 heterocycles. The van der Waals surface area contributed by atoms with Crippen molar-refractivity contribution in [2.45, 2.75) is 148 Å². The number of esters is 2. The number of phosphoric acid groups is 1. The molecule has 0 amide bonds. The normalized spacial score (nSPS) is 15.1. The molecule has 10 nitrogen and oxygen atoms in total. The Bertz CT molecular complexity index is 1420. The van der Waals surface area contributed by atoms with Gasteiger partial charge in [-0.15, -0.1) is 0 Å². The highest BCUT2D eigenvalue weighted by Crippen LogP contribution is 2.38. The number of allylic oxidation sites excluding steroid dienone is 16. The molecule has 0 radical (unpaired) electrons. The summed E-state index contributed by atoms with van der Waals surface area (Å²) in [7, 11) is 1.05. The third-order valence-electron chi connectivity index (χ3n) is 8.86. The van der Waals surface area contributed by atoms with Crippen molar-refractivity contribution in [3.8, 4) is 0 Å². The fraction of sp³-hybridized carbons (Fsp3) is 0.600. The number of aliphatic hydroxyl groups excluding tert-OH is 1. The lowest BCUT2D eigenvalue weighted by Crippen LogP contribution is -2.37. The second-order valence-corrected chi connectivity index (χ2v) is 17.3. The van der Waals surface area contributed by atoms with E-state index in [1.54, 1.807) is 6.08 Å². The number of rotatable bonds is 39. The summed E-state index contributed by atoms with van der Waals surface area (Å²) in [6.07, 6.45) is 51.5. The first kappa shape index (κ1) is 57.6. The predicted molar refractivity (Wildman–Crippen MR) is 251 cm³/mol. The van der Waals surface area contributed by atoms with Crippen LogP contribution in [0.15, 0.2) is 109 Å². The van der Waals surface area contributed by atoms with Crippen molar-refractivity contribution in [1.82, 2.24) is 0 Å². The summed E-state index contributed by atoms with van der Waals surface area (Å²) in [5.41, 5.74) is 0. The highest BCUT2D eigenvalue weighted by molar-refractivity contribution is 7.45. The Morgan fingerprint density at radius 3 is 1.77 bits per heavy atom. The summed E-state index contributed by atoms with van der Waals surface area (Å²) in [5, 5.41) is 10.1. The molecule has 61 heavy (non-hydrogen) atoms. The number of carbonyl (C=O) groups excluding carboxylic acids is 2. The molecule has 0 saturated heterocycles. The van der Waals surface area contributed by atoms with Gasteiger partial charge in [-0.3, -0.25) is 14.2 Å².